The highest BCUT2D eigenvalue weighted by molar-refractivity contribution is 5.95. The average molecular weight is 272 g/mol. The van der Waals surface area contributed by atoms with Gasteiger partial charge >= 0.3 is 0 Å². The van der Waals surface area contributed by atoms with Gasteiger partial charge in [0.05, 0.1) is 0 Å². The van der Waals surface area contributed by atoms with E-state index in [9.17, 15) is 9.59 Å². The van der Waals surface area contributed by atoms with Gasteiger partial charge in [0, 0.05) is 23.7 Å². The SMILES string of the molecule is CCC(=O)Nc1cccc(NC(=O)[C@@H]2CC=CCC2)c1. The highest BCUT2D eigenvalue weighted by Gasteiger charge is 2.18. The van der Waals surface area contributed by atoms with Crippen molar-refractivity contribution < 1.29 is 9.59 Å². The Morgan fingerprint density at radius 2 is 1.95 bits per heavy atom. The smallest absolute Gasteiger partial charge is 0.227 e. The average Bonchev–Trinajstić information content (AvgIpc) is 2.48. The van der Waals surface area contributed by atoms with Crippen LogP contribution in [-0.4, -0.2) is 11.8 Å². The van der Waals surface area contributed by atoms with Crippen molar-refractivity contribution in [1.29, 1.82) is 0 Å². The lowest BCUT2D eigenvalue weighted by molar-refractivity contribution is -0.120. The van der Waals surface area contributed by atoms with Crippen LogP contribution in [0.5, 0.6) is 0 Å². The topological polar surface area (TPSA) is 58.2 Å². The zero-order chi connectivity index (χ0) is 14.4. The Kier molecular flexibility index (Phi) is 4.93. The number of amides is 2. The van der Waals surface area contributed by atoms with Crippen LogP contribution in [-0.2, 0) is 9.59 Å². The molecule has 0 fully saturated rings. The van der Waals surface area contributed by atoms with Gasteiger partial charge in [-0.1, -0.05) is 25.1 Å². The van der Waals surface area contributed by atoms with E-state index in [-0.39, 0.29) is 17.7 Å². The molecule has 20 heavy (non-hydrogen) atoms. The second-order valence-electron chi connectivity index (χ2n) is 4.95. The molecule has 1 atom stereocenters. The molecule has 0 heterocycles. The summed E-state index contributed by atoms with van der Waals surface area (Å²) in [5, 5.41) is 5.70. The summed E-state index contributed by atoms with van der Waals surface area (Å²) in [6.07, 6.45) is 7.28. The first-order valence-electron chi connectivity index (χ1n) is 7.05. The Hall–Kier alpha value is -2.10. The van der Waals surface area contributed by atoms with Gasteiger partial charge in [0.15, 0.2) is 0 Å². The maximum absolute atomic E-state index is 12.1. The minimum atomic E-state index is -0.0362. The van der Waals surface area contributed by atoms with Crippen LogP contribution in [0.3, 0.4) is 0 Å². The number of benzene rings is 1. The third-order valence-corrected chi connectivity index (χ3v) is 3.37. The van der Waals surface area contributed by atoms with E-state index >= 15 is 0 Å². The molecule has 1 aromatic rings. The van der Waals surface area contributed by atoms with Gasteiger partial charge in [-0.25, -0.2) is 0 Å². The van der Waals surface area contributed by atoms with Crippen LogP contribution in [0, 0.1) is 5.92 Å². The van der Waals surface area contributed by atoms with Gasteiger partial charge in [-0.3, -0.25) is 9.59 Å². The normalized spacial score (nSPS) is 17.6. The van der Waals surface area contributed by atoms with E-state index in [1.165, 1.54) is 0 Å². The minimum Gasteiger partial charge on any atom is -0.326 e. The van der Waals surface area contributed by atoms with Crippen LogP contribution in [0.4, 0.5) is 11.4 Å². The molecule has 2 amide bonds. The molecule has 1 aromatic carbocycles. The van der Waals surface area contributed by atoms with Gasteiger partial charge in [-0.2, -0.15) is 0 Å². The molecule has 2 N–H and O–H groups in total. The summed E-state index contributed by atoms with van der Waals surface area (Å²) < 4.78 is 0. The summed E-state index contributed by atoms with van der Waals surface area (Å²) in [6, 6.07) is 7.25. The van der Waals surface area contributed by atoms with Crippen molar-refractivity contribution in [3.05, 3.63) is 36.4 Å². The predicted molar refractivity (Wildman–Crippen MR) is 80.5 cm³/mol. The Balaban J connectivity index is 1.98. The lowest BCUT2D eigenvalue weighted by atomic mass is 9.93. The number of hydrogen-bond donors (Lipinski definition) is 2. The van der Waals surface area contributed by atoms with Crippen LogP contribution < -0.4 is 10.6 Å². The fourth-order valence-corrected chi connectivity index (χ4v) is 2.20. The molecule has 4 heteroatoms. The number of allylic oxidation sites excluding steroid dienone is 2. The zero-order valence-corrected chi connectivity index (χ0v) is 11.7. The molecule has 106 valence electrons. The summed E-state index contributed by atoms with van der Waals surface area (Å²) in [5.41, 5.74) is 1.43. The van der Waals surface area contributed by atoms with Crippen LogP contribution in [0.15, 0.2) is 36.4 Å². The number of carbonyl (C=O) groups is 2. The lowest BCUT2D eigenvalue weighted by Gasteiger charge is -2.17. The molecule has 4 nitrogen and oxygen atoms in total. The molecule has 1 aliphatic rings. The molecule has 0 spiro atoms. The third kappa shape index (κ3) is 3.95. The fraction of sp³-hybridized carbons (Fsp3) is 0.375. The fourth-order valence-electron chi connectivity index (χ4n) is 2.20. The van der Waals surface area contributed by atoms with Crippen molar-refractivity contribution in [3.8, 4) is 0 Å². The van der Waals surface area contributed by atoms with Gasteiger partial charge in [0.1, 0.15) is 0 Å². The van der Waals surface area contributed by atoms with Gasteiger partial charge in [0.25, 0.3) is 0 Å². The minimum absolute atomic E-state index is 0.0362. The monoisotopic (exact) mass is 272 g/mol. The lowest BCUT2D eigenvalue weighted by Crippen LogP contribution is -2.23. The second kappa shape index (κ2) is 6.89. The van der Waals surface area contributed by atoms with Crippen molar-refractivity contribution in [2.75, 3.05) is 10.6 Å². The van der Waals surface area contributed by atoms with Crippen LogP contribution in [0.2, 0.25) is 0 Å². The molecule has 0 bridgehead atoms. The number of hydrogen-bond acceptors (Lipinski definition) is 2. The number of anilines is 2. The van der Waals surface area contributed by atoms with E-state index in [0.717, 1.165) is 24.9 Å². The van der Waals surface area contributed by atoms with E-state index < -0.39 is 0 Å². The van der Waals surface area contributed by atoms with Crippen molar-refractivity contribution in [3.63, 3.8) is 0 Å². The summed E-state index contributed by atoms with van der Waals surface area (Å²) in [4.78, 5) is 23.5. The second-order valence-corrected chi connectivity index (χ2v) is 4.95. The van der Waals surface area contributed by atoms with Gasteiger partial charge in [0.2, 0.25) is 11.8 Å². The van der Waals surface area contributed by atoms with Crippen LogP contribution in [0.1, 0.15) is 32.6 Å². The van der Waals surface area contributed by atoms with Gasteiger partial charge in [-0.05, 0) is 37.5 Å². The van der Waals surface area contributed by atoms with E-state index in [4.69, 9.17) is 0 Å². The maximum atomic E-state index is 12.1. The number of carbonyl (C=O) groups excluding carboxylic acids is 2. The first-order valence-corrected chi connectivity index (χ1v) is 7.05. The van der Waals surface area contributed by atoms with E-state index in [0.29, 0.717) is 12.1 Å². The molecule has 1 aliphatic carbocycles. The molecular formula is C16H20N2O2. The standard InChI is InChI=1S/C16H20N2O2/c1-2-15(19)17-13-9-6-10-14(11-13)18-16(20)12-7-4-3-5-8-12/h3-4,6,9-12H,2,5,7-8H2,1H3,(H,17,19)(H,18,20)/t12-/m1/s1. The van der Waals surface area contributed by atoms with E-state index in [1.807, 2.05) is 18.2 Å². The predicted octanol–water partition coefficient (Wildman–Crippen LogP) is 3.33. The molecule has 0 radical (unpaired) electrons. The van der Waals surface area contributed by atoms with Gasteiger partial charge < -0.3 is 10.6 Å². The Bertz CT molecular complexity index is 523. The molecule has 0 saturated carbocycles. The molecule has 0 unspecified atom stereocenters. The highest BCUT2D eigenvalue weighted by Crippen LogP contribution is 2.21. The first-order chi connectivity index (χ1) is 9.69. The first kappa shape index (κ1) is 14.3. The van der Waals surface area contributed by atoms with Crippen molar-refractivity contribution in [2.24, 2.45) is 5.92 Å². The molecular weight excluding hydrogens is 252 g/mol. The quantitative estimate of drug-likeness (QED) is 0.826. The van der Waals surface area contributed by atoms with E-state index in [2.05, 4.69) is 22.8 Å². The summed E-state index contributed by atoms with van der Waals surface area (Å²) in [7, 11) is 0. The van der Waals surface area contributed by atoms with Crippen LogP contribution >= 0.6 is 0 Å². The van der Waals surface area contributed by atoms with E-state index in [1.54, 1.807) is 13.0 Å². The largest absolute Gasteiger partial charge is 0.326 e. The summed E-state index contributed by atoms with van der Waals surface area (Å²) >= 11 is 0. The third-order valence-electron chi connectivity index (χ3n) is 3.37. The Morgan fingerprint density at radius 3 is 2.60 bits per heavy atom. The van der Waals surface area contributed by atoms with Crippen molar-refractivity contribution >= 4 is 23.2 Å². The van der Waals surface area contributed by atoms with Gasteiger partial charge in [-0.15, -0.1) is 0 Å². The number of rotatable bonds is 4. The molecule has 0 aromatic heterocycles. The van der Waals surface area contributed by atoms with Crippen molar-refractivity contribution in [2.45, 2.75) is 32.6 Å². The Morgan fingerprint density at radius 1 is 1.20 bits per heavy atom. The Labute approximate surface area is 119 Å². The maximum Gasteiger partial charge on any atom is 0.227 e. The molecule has 0 aliphatic heterocycles. The highest BCUT2D eigenvalue weighted by atomic mass is 16.2. The van der Waals surface area contributed by atoms with Crippen molar-refractivity contribution in [1.82, 2.24) is 0 Å². The summed E-state index contributed by atoms with van der Waals surface area (Å²) in [6.45, 7) is 1.80. The zero-order valence-electron chi connectivity index (χ0n) is 11.7. The molecule has 0 saturated heterocycles. The summed E-state index contributed by atoms with van der Waals surface area (Å²) in [5.74, 6) is 0.0631. The van der Waals surface area contributed by atoms with Crippen LogP contribution in [0.25, 0.3) is 0 Å². The number of nitrogens with one attached hydrogen (secondary N) is 2. The molecule has 2 rings (SSSR count).